The quantitative estimate of drug-likeness (QED) is 0.844. The van der Waals surface area contributed by atoms with Gasteiger partial charge in [0.25, 0.3) is 0 Å². The van der Waals surface area contributed by atoms with Gasteiger partial charge in [-0.05, 0) is 52.6 Å². The summed E-state index contributed by atoms with van der Waals surface area (Å²) in [6, 6.07) is 1.85. The predicted octanol–water partition coefficient (Wildman–Crippen LogP) is 4.08. The second-order valence-corrected chi connectivity index (χ2v) is 6.65. The molecule has 0 aromatic carbocycles. The van der Waals surface area contributed by atoms with Crippen LogP contribution < -0.4 is 0 Å². The van der Waals surface area contributed by atoms with Crippen molar-refractivity contribution in [1.82, 2.24) is 0 Å². The third kappa shape index (κ3) is 1.95. The van der Waals surface area contributed by atoms with Crippen LogP contribution in [0.4, 0.5) is 0 Å². The van der Waals surface area contributed by atoms with Crippen molar-refractivity contribution in [3.05, 3.63) is 22.6 Å². The molecule has 2 rings (SSSR count). The summed E-state index contributed by atoms with van der Waals surface area (Å²) in [7, 11) is 0. The van der Waals surface area contributed by atoms with Crippen LogP contribution in [0.25, 0.3) is 0 Å². The minimum atomic E-state index is -0.808. The lowest BCUT2D eigenvalue weighted by Crippen LogP contribution is -2.41. The highest BCUT2D eigenvalue weighted by molar-refractivity contribution is 9.10. The summed E-state index contributed by atoms with van der Waals surface area (Å²) in [5.74, 6) is 0.911. The molecule has 90 valence electrons. The molecular weight excluding hydrogens is 268 g/mol. The average Bonchev–Trinajstić information content (AvgIpc) is 2.59. The van der Waals surface area contributed by atoms with E-state index >= 15 is 0 Å². The molecule has 0 bridgehead atoms. The van der Waals surface area contributed by atoms with Crippen molar-refractivity contribution >= 4 is 15.9 Å². The van der Waals surface area contributed by atoms with Gasteiger partial charge in [0.15, 0.2) is 0 Å². The minimum Gasteiger partial charge on any atom is -0.465 e. The Bertz CT molecular complexity index is 383. The van der Waals surface area contributed by atoms with Crippen molar-refractivity contribution in [3.8, 4) is 0 Å². The molecule has 1 aliphatic rings. The van der Waals surface area contributed by atoms with Gasteiger partial charge < -0.3 is 9.52 Å². The van der Waals surface area contributed by atoms with E-state index in [1.807, 2.05) is 6.07 Å². The fraction of sp³-hybridized carbons (Fsp3) is 0.692. The molecule has 1 N–H and O–H groups in total. The number of aliphatic hydroxyl groups is 1. The number of halogens is 1. The molecule has 1 saturated carbocycles. The van der Waals surface area contributed by atoms with Gasteiger partial charge in [-0.25, -0.2) is 0 Å². The molecule has 2 unspecified atom stereocenters. The molecule has 2 nitrogen and oxygen atoms in total. The van der Waals surface area contributed by atoms with E-state index in [0.29, 0.717) is 11.2 Å². The number of hydrogen-bond donors (Lipinski definition) is 1. The topological polar surface area (TPSA) is 33.4 Å². The Morgan fingerprint density at radius 3 is 2.62 bits per heavy atom. The Morgan fingerprint density at radius 2 is 2.12 bits per heavy atom. The first kappa shape index (κ1) is 12.2. The highest BCUT2D eigenvalue weighted by atomic mass is 79.9. The van der Waals surface area contributed by atoms with E-state index < -0.39 is 5.60 Å². The maximum Gasteiger partial charge on any atom is 0.149 e. The van der Waals surface area contributed by atoms with Crippen LogP contribution >= 0.6 is 15.9 Å². The zero-order valence-corrected chi connectivity index (χ0v) is 11.7. The smallest absolute Gasteiger partial charge is 0.149 e. The first-order chi connectivity index (χ1) is 7.35. The molecule has 2 atom stereocenters. The standard InChI is InChI=1S/C13H19BrO2/c1-9-8-12(2,3)5-6-13(9,15)11-10(14)4-7-16-11/h4,7,9,15H,5-6,8H2,1-3H3. The van der Waals surface area contributed by atoms with Crippen molar-refractivity contribution < 1.29 is 9.52 Å². The van der Waals surface area contributed by atoms with Gasteiger partial charge in [-0.1, -0.05) is 20.8 Å². The molecule has 1 aliphatic carbocycles. The van der Waals surface area contributed by atoms with E-state index in [9.17, 15) is 5.11 Å². The minimum absolute atomic E-state index is 0.221. The van der Waals surface area contributed by atoms with Crippen molar-refractivity contribution in [2.24, 2.45) is 11.3 Å². The van der Waals surface area contributed by atoms with Crippen LogP contribution in [0.15, 0.2) is 21.2 Å². The number of rotatable bonds is 1. The summed E-state index contributed by atoms with van der Waals surface area (Å²) < 4.78 is 6.32. The van der Waals surface area contributed by atoms with Gasteiger partial charge in [0.05, 0.1) is 10.7 Å². The number of furan rings is 1. The highest BCUT2D eigenvalue weighted by Crippen LogP contribution is 2.50. The van der Waals surface area contributed by atoms with Crippen LogP contribution in [0, 0.1) is 11.3 Å². The zero-order chi connectivity index (χ0) is 12.0. The Labute approximate surface area is 105 Å². The molecule has 0 spiro atoms. The van der Waals surface area contributed by atoms with Crippen molar-refractivity contribution in [2.75, 3.05) is 0 Å². The molecule has 3 heteroatoms. The predicted molar refractivity (Wildman–Crippen MR) is 67.1 cm³/mol. The molecule has 1 heterocycles. The first-order valence-corrected chi connectivity index (χ1v) is 6.60. The van der Waals surface area contributed by atoms with Gasteiger partial charge in [-0.2, -0.15) is 0 Å². The second kappa shape index (κ2) is 3.88. The van der Waals surface area contributed by atoms with Crippen LogP contribution in [-0.2, 0) is 5.60 Å². The molecule has 16 heavy (non-hydrogen) atoms. The third-order valence-corrected chi connectivity index (χ3v) is 4.49. The zero-order valence-electron chi connectivity index (χ0n) is 10.1. The van der Waals surface area contributed by atoms with Gasteiger partial charge in [-0.15, -0.1) is 0 Å². The SMILES string of the molecule is CC1CC(C)(C)CCC1(O)c1occc1Br. The van der Waals surface area contributed by atoms with Gasteiger partial charge in [0, 0.05) is 0 Å². The summed E-state index contributed by atoms with van der Waals surface area (Å²) in [4.78, 5) is 0. The first-order valence-electron chi connectivity index (χ1n) is 5.81. The fourth-order valence-electron chi connectivity index (χ4n) is 2.82. The van der Waals surface area contributed by atoms with Crippen LogP contribution in [0.2, 0.25) is 0 Å². The maximum absolute atomic E-state index is 10.8. The van der Waals surface area contributed by atoms with Crippen molar-refractivity contribution in [1.29, 1.82) is 0 Å². The van der Waals surface area contributed by atoms with E-state index in [4.69, 9.17) is 4.42 Å². The van der Waals surface area contributed by atoms with E-state index in [0.717, 1.165) is 23.7 Å². The largest absolute Gasteiger partial charge is 0.465 e. The molecule has 1 aromatic heterocycles. The normalized spacial score (nSPS) is 33.9. The van der Waals surface area contributed by atoms with Crippen LogP contribution in [0.5, 0.6) is 0 Å². The third-order valence-electron chi connectivity index (χ3n) is 3.87. The molecule has 1 fully saturated rings. The Morgan fingerprint density at radius 1 is 1.44 bits per heavy atom. The molecule has 0 aliphatic heterocycles. The molecule has 0 amide bonds. The second-order valence-electron chi connectivity index (χ2n) is 5.79. The van der Waals surface area contributed by atoms with E-state index in [1.165, 1.54) is 0 Å². The van der Waals surface area contributed by atoms with E-state index in [2.05, 4.69) is 36.7 Å². The van der Waals surface area contributed by atoms with E-state index in [1.54, 1.807) is 6.26 Å². The average molecular weight is 287 g/mol. The summed E-state index contributed by atoms with van der Waals surface area (Å²) in [5, 5.41) is 10.8. The van der Waals surface area contributed by atoms with Crippen LogP contribution in [0.3, 0.4) is 0 Å². The van der Waals surface area contributed by atoms with E-state index in [-0.39, 0.29) is 5.92 Å². The molecular formula is C13H19BrO2. The molecule has 0 radical (unpaired) electrons. The summed E-state index contributed by atoms with van der Waals surface area (Å²) in [6.07, 6.45) is 4.45. The molecule has 0 saturated heterocycles. The Kier molecular flexibility index (Phi) is 2.96. The maximum atomic E-state index is 10.8. The van der Waals surface area contributed by atoms with Crippen LogP contribution in [-0.4, -0.2) is 5.11 Å². The summed E-state index contributed by atoms with van der Waals surface area (Å²) in [5.41, 5.74) is -0.484. The number of hydrogen-bond acceptors (Lipinski definition) is 2. The van der Waals surface area contributed by atoms with Gasteiger partial charge >= 0.3 is 0 Å². The van der Waals surface area contributed by atoms with Crippen molar-refractivity contribution in [2.45, 2.75) is 45.6 Å². The lowest BCUT2D eigenvalue weighted by atomic mass is 9.65. The Hall–Kier alpha value is -0.280. The highest BCUT2D eigenvalue weighted by Gasteiger charge is 2.46. The van der Waals surface area contributed by atoms with Crippen molar-refractivity contribution in [3.63, 3.8) is 0 Å². The van der Waals surface area contributed by atoms with Gasteiger partial charge in [-0.3, -0.25) is 0 Å². The summed E-state index contributed by atoms with van der Waals surface area (Å²) >= 11 is 3.44. The molecule has 1 aromatic rings. The lowest BCUT2D eigenvalue weighted by Gasteiger charge is -2.44. The monoisotopic (exact) mass is 286 g/mol. The summed E-state index contributed by atoms with van der Waals surface area (Å²) in [6.45, 7) is 6.64. The fourth-order valence-corrected chi connectivity index (χ4v) is 3.36. The van der Waals surface area contributed by atoms with Gasteiger partial charge in [0.2, 0.25) is 0 Å². The van der Waals surface area contributed by atoms with Gasteiger partial charge in [0.1, 0.15) is 11.4 Å². The Balaban J connectivity index is 2.30. The lowest BCUT2D eigenvalue weighted by molar-refractivity contribution is -0.0915. The van der Waals surface area contributed by atoms with Crippen LogP contribution in [0.1, 0.15) is 45.8 Å².